The highest BCUT2D eigenvalue weighted by molar-refractivity contribution is 6.36. The number of aliphatic hydroxyl groups is 1. The van der Waals surface area contributed by atoms with Crippen LogP contribution >= 0.6 is 11.6 Å². The van der Waals surface area contributed by atoms with Gasteiger partial charge in [-0.1, -0.05) is 24.1 Å². The van der Waals surface area contributed by atoms with Crippen LogP contribution in [0.2, 0.25) is 5.02 Å². The number of halogens is 2. The number of benzene rings is 1. The van der Waals surface area contributed by atoms with Crippen molar-refractivity contribution in [2.24, 2.45) is 0 Å². The molecule has 0 radical (unpaired) electrons. The maximum atomic E-state index is 14.4. The van der Waals surface area contributed by atoms with Crippen LogP contribution < -0.4 is 5.32 Å². The van der Waals surface area contributed by atoms with Crippen LogP contribution in [-0.4, -0.2) is 57.9 Å². The normalized spacial score (nSPS) is 27.5. The van der Waals surface area contributed by atoms with Crippen LogP contribution in [0.25, 0.3) is 10.9 Å². The van der Waals surface area contributed by atoms with Gasteiger partial charge in [0.1, 0.15) is 5.67 Å². The number of likely N-dealkylation sites (tertiary alicyclic amines) is 1. The van der Waals surface area contributed by atoms with Gasteiger partial charge in [0.25, 0.3) is 5.91 Å². The van der Waals surface area contributed by atoms with E-state index in [9.17, 15) is 14.3 Å². The van der Waals surface area contributed by atoms with Crippen LogP contribution in [0, 0.1) is 0 Å². The van der Waals surface area contributed by atoms with E-state index in [1.807, 2.05) is 18.3 Å². The Labute approximate surface area is 188 Å². The molecule has 2 atom stereocenters. The average molecular weight is 450 g/mol. The Morgan fingerprint density at radius 2 is 1.97 bits per heavy atom. The van der Waals surface area contributed by atoms with Crippen molar-refractivity contribution >= 4 is 28.4 Å². The third kappa shape index (κ3) is 5.24. The van der Waals surface area contributed by atoms with Crippen LogP contribution in [0.5, 0.6) is 0 Å². The number of carbonyl (C=O) groups is 1. The molecule has 2 aliphatic rings. The fraction of sp³-hybridized carbons (Fsp3) is 0.625. The van der Waals surface area contributed by atoms with Crippen LogP contribution in [0.1, 0.15) is 62.2 Å². The molecule has 2 aromatic rings. The van der Waals surface area contributed by atoms with Crippen molar-refractivity contribution in [1.82, 2.24) is 14.8 Å². The molecular weight excluding hydrogens is 417 g/mol. The zero-order valence-corrected chi connectivity index (χ0v) is 19.1. The zero-order valence-electron chi connectivity index (χ0n) is 18.3. The van der Waals surface area contributed by atoms with E-state index >= 15 is 0 Å². The average Bonchev–Trinajstić information content (AvgIpc) is 3.11. The minimum Gasteiger partial charge on any atom is -0.388 e. The van der Waals surface area contributed by atoms with E-state index in [0.29, 0.717) is 29.8 Å². The number of piperidine rings is 1. The van der Waals surface area contributed by atoms with Gasteiger partial charge in [-0.2, -0.15) is 0 Å². The second-order valence-corrected chi connectivity index (χ2v) is 10.0. The number of hydrogen-bond acceptors (Lipinski definition) is 3. The van der Waals surface area contributed by atoms with Gasteiger partial charge < -0.3 is 19.9 Å². The van der Waals surface area contributed by atoms with Crippen molar-refractivity contribution in [3.05, 3.63) is 35.0 Å². The summed E-state index contributed by atoms with van der Waals surface area (Å²) in [6.07, 6.45) is 7.24. The van der Waals surface area contributed by atoms with Gasteiger partial charge in [0.2, 0.25) is 0 Å². The maximum absolute atomic E-state index is 14.4. The van der Waals surface area contributed by atoms with E-state index in [4.69, 9.17) is 11.6 Å². The summed E-state index contributed by atoms with van der Waals surface area (Å²) in [5.74, 6) is -0.283. The highest BCUT2D eigenvalue weighted by Gasteiger charge is 2.41. The summed E-state index contributed by atoms with van der Waals surface area (Å²) in [6, 6.07) is 5.67. The van der Waals surface area contributed by atoms with Gasteiger partial charge in [-0.3, -0.25) is 4.79 Å². The molecule has 170 valence electrons. The molecule has 1 aromatic heterocycles. The third-order valence-corrected chi connectivity index (χ3v) is 7.14. The lowest BCUT2D eigenvalue weighted by Crippen LogP contribution is -2.49. The van der Waals surface area contributed by atoms with Crippen LogP contribution in [0.15, 0.2) is 24.4 Å². The number of aromatic nitrogens is 1. The van der Waals surface area contributed by atoms with Crippen molar-refractivity contribution in [1.29, 1.82) is 0 Å². The molecular formula is C24H33ClFN3O2. The molecule has 2 N–H and O–H groups in total. The number of carbonyl (C=O) groups excluding carboxylic acids is 1. The van der Waals surface area contributed by atoms with E-state index in [1.165, 1.54) is 26.2 Å². The standard InChI is InChI=1S/C24H33ClFN3O2/c1-23(26)9-6-10-24(31,16-23)17-27-22(30)18-15-29(14-13-28-11-3-2-4-12-28)20-8-5-7-19(25)21(18)20/h5,7-8,15,31H,2-4,6,9-14,16-17H2,1H3,(H,27,30). The molecule has 4 rings (SSSR count). The number of rotatable bonds is 6. The smallest absolute Gasteiger partial charge is 0.253 e. The van der Waals surface area contributed by atoms with Crippen molar-refractivity contribution in [2.75, 3.05) is 26.2 Å². The van der Waals surface area contributed by atoms with Crippen molar-refractivity contribution < 1.29 is 14.3 Å². The largest absolute Gasteiger partial charge is 0.388 e. The molecule has 1 aromatic carbocycles. The first-order valence-electron chi connectivity index (χ1n) is 11.5. The highest BCUT2D eigenvalue weighted by Crippen LogP contribution is 2.37. The predicted molar refractivity (Wildman–Crippen MR) is 123 cm³/mol. The Bertz CT molecular complexity index is 938. The van der Waals surface area contributed by atoms with Crippen LogP contribution in [-0.2, 0) is 6.54 Å². The first-order chi connectivity index (χ1) is 14.8. The number of fused-ring (bicyclic) bond motifs is 1. The van der Waals surface area contributed by atoms with Crippen LogP contribution in [0.4, 0.5) is 4.39 Å². The summed E-state index contributed by atoms with van der Waals surface area (Å²) in [6.45, 7) is 5.53. The van der Waals surface area contributed by atoms with Gasteiger partial charge in [0.15, 0.2) is 0 Å². The number of amides is 1. The Balaban J connectivity index is 1.50. The lowest BCUT2D eigenvalue weighted by molar-refractivity contribution is -0.0533. The second kappa shape index (κ2) is 9.08. The molecule has 0 spiro atoms. The fourth-order valence-corrected chi connectivity index (χ4v) is 5.51. The second-order valence-electron chi connectivity index (χ2n) is 9.62. The number of nitrogens with zero attached hydrogens (tertiary/aromatic N) is 2. The number of alkyl halides is 1. The lowest BCUT2D eigenvalue weighted by atomic mass is 9.77. The van der Waals surface area contributed by atoms with Crippen molar-refractivity contribution in [2.45, 2.75) is 69.7 Å². The molecule has 1 saturated heterocycles. The van der Waals surface area contributed by atoms with Gasteiger partial charge in [0.05, 0.1) is 21.7 Å². The molecule has 2 unspecified atom stereocenters. The van der Waals surface area contributed by atoms with Gasteiger partial charge in [-0.05, 0) is 64.3 Å². The Morgan fingerprint density at radius 3 is 2.71 bits per heavy atom. The monoisotopic (exact) mass is 449 g/mol. The summed E-state index contributed by atoms with van der Waals surface area (Å²) >= 11 is 6.48. The molecule has 1 amide bonds. The first kappa shape index (κ1) is 22.6. The van der Waals surface area contributed by atoms with Gasteiger partial charge >= 0.3 is 0 Å². The highest BCUT2D eigenvalue weighted by atomic mass is 35.5. The van der Waals surface area contributed by atoms with E-state index in [2.05, 4.69) is 14.8 Å². The molecule has 2 heterocycles. The van der Waals surface area contributed by atoms with E-state index in [0.717, 1.165) is 37.1 Å². The first-order valence-corrected chi connectivity index (χ1v) is 11.8. The summed E-state index contributed by atoms with van der Waals surface area (Å²) in [5, 5.41) is 14.9. The Hall–Kier alpha value is -1.63. The quantitative estimate of drug-likeness (QED) is 0.680. The molecule has 31 heavy (non-hydrogen) atoms. The summed E-state index contributed by atoms with van der Waals surface area (Å²) < 4.78 is 16.5. The summed E-state index contributed by atoms with van der Waals surface area (Å²) in [4.78, 5) is 15.5. The zero-order chi connectivity index (χ0) is 22.1. The van der Waals surface area contributed by atoms with Crippen molar-refractivity contribution in [3.8, 4) is 0 Å². The van der Waals surface area contributed by atoms with E-state index in [1.54, 1.807) is 6.07 Å². The number of hydrogen-bond donors (Lipinski definition) is 2. The van der Waals surface area contributed by atoms with Gasteiger partial charge in [-0.15, -0.1) is 0 Å². The lowest BCUT2D eigenvalue weighted by Gasteiger charge is -2.38. The molecule has 1 aliphatic carbocycles. The minimum atomic E-state index is -1.40. The molecule has 2 fully saturated rings. The van der Waals surface area contributed by atoms with Crippen LogP contribution in [0.3, 0.4) is 0 Å². The molecule has 1 saturated carbocycles. The third-order valence-electron chi connectivity index (χ3n) is 6.82. The fourth-order valence-electron chi connectivity index (χ4n) is 5.24. The topological polar surface area (TPSA) is 57.5 Å². The SMILES string of the molecule is CC1(F)CCCC(O)(CNC(=O)c2cn(CCN3CCCCC3)c3cccc(Cl)c23)C1. The Morgan fingerprint density at radius 1 is 1.19 bits per heavy atom. The van der Waals surface area contributed by atoms with Gasteiger partial charge in [0, 0.05) is 37.6 Å². The molecule has 5 nitrogen and oxygen atoms in total. The summed E-state index contributed by atoms with van der Waals surface area (Å²) in [5.41, 5.74) is -1.18. The predicted octanol–water partition coefficient (Wildman–Crippen LogP) is 4.54. The van der Waals surface area contributed by atoms with E-state index < -0.39 is 11.3 Å². The van der Waals surface area contributed by atoms with E-state index in [-0.39, 0.29) is 18.9 Å². The minimum absolute atomic E-state index is 0.0379. The molecule has 0 bridgehead atoms. The molecule has 7 heteroatoms. The molecule has 1 aliphatic heterocycles. The van der Waals surface area contributed by atoms with Crippen molar-refractivity contribution in [3.63, 3.8) is 0 Å². The number of nitrogens with one attached hydrogen (secondary N) is 1. The Kier molecular flexibility index (Phi) is 6.61. The maximum Gasteiger partial charge on any atom is 0.253 e. The van der Waals surface area contributed by atoms with Gasteiger partial charge in [-0.25, -0.2) is 4.39 Å². The summed E-state index contributed by atoms with van der Waals surface area (Å²) in [7, 11) is 0.